The zero-order valence-corrected chi connectivity index (χ0v) is 9.40. The van der Waals surface area contributed by atoms with Gasteiger partial charge in [0, 0.05) is 5.92 Å². The van der Waals surface area contributed by atoms with Crippen LogP contribution in [-0.2, 0) is 9.53 Å². The highest BCUT2D eigenvalue weighted by molar-refractivity contribution is 5.76. The molecule has 0 spiro atoms. The summed E-state index contributed by atoms with van der Waals surface area (Å²) in [5.41, 5.74) is 1.28. The van der Waals surface area contributed by atoms with Crippen molar-refractivity contribution in [2.45, 2.75) is 39.2 Å². The Morgan fingerprint density at radius 3 is 3.00 bits per heavy atom. The second-order valence-electron chi connectivity index (χ2n) is 5.44. The molecule has 1 heterocycles. The van der Waals surface area contributed by atoms with Crippen molar-refractivity contribution in [2.24, 2.45) is 23.7 Å². The Morgan fingerprint density at radius 2 is 2.20 bits per heavy atom. The maximum atomic E-state index is 11.8. The van der Waals surface area contributed by atoms with Gasteiger partial charge < -0.3 is 4.74 Å². The molecule has 1 saturated heterocycles. The van der Waals surface area contributed by atoms with E-state index in [2.05, 4.69) is 19.9 Å². The third-order valence-corrected chi connectivity index (χ3v) is 4.68. The lowest BCUT2D eigenvalue weighted by Gasteiger charge is -2.40. The normalized spacial score (nSPS) is 48.3. The Balaban J connectivity index is 2.00. The summed E-state index contributed by atoms with van der Waals surface area (Å²) in [4.78, 5) is 11.8. The van der Waals surface area contributed by atoms with Crippen LogP contribution in [0.25, 0.3) is 0 Å². The summed E-state index contributed by atoms with van der Waals surface area (Å²) in [6.45, 7) is 4.44. The third kappa shape index (κ3) is 1.20. The zero-order chi connectivity index (χ0) is 10.6. The molecule has 15 heavy (non-hydrogen) atoms. The molecular weight excluding hydrogens is 188 g/mol. The fourth-order valence-electron chi connectivity index (χ4n) is 3.75. The Bertz CT molecular complexity index is 331. The van der Waals surface area contributed by atoms with Crippen molar-refractivity contribution in [1.82, 2.24) is 0 Å². The average Bonchev–Trinajstić information content (AvgIpc) is 2.54. The van der Waals surface area contributed by atoms with Crippen LogP contribution >= 0.6 is 0 Å². The van der Waals surface area contributed by atoms with Crippen LogP contribution < -0.4 is 0 Å². The molecule has 3 rings (SSSR count). The Kier molecular flexibility index (Phi) is 1.95. The first kappa shape index (κ1) is 9.44. The minimum Gasteiger partial charge on any atom is -0.457 e. The fraction of sp³-hybridized carbons (Fsp3) is 0.769. The van der Waals surface area contributed by atoms with Gasteiger partial charge in [0.15, 0.2) is 0 Å². The van der Waals surface area contributed by atoms with Gasteiger partial charge in [-0.15, -0.1) is 0 Å². The molecule has 0 amide bonds. The topological polar surface area (TPSA) is 26.3 Å². The molecule has 0 aromatic heterocycles. The molecule has 0 N–H and O–H groups in total. The van der Waals surface area contributed by atoms with E-state index in [1.54, 1.807) is 0 Å². The largest absolute Gasteiger partial charge is 0.457 e. The van der Waals surface area contributed by atoms with Crippen LogP contribution in [0.1, 0.15) is 33.1 Å². The quantitative estimate of drug-likeness (QED) is 0.449. The Hall–Kier alpha value is -0.790. The van der Waals surface area contributed by atoms with E-state index >= 15 is 0 Å². The molecular formula is C13H18O2. The maximum absolute atomic E-state index is 11.8. The van der Waals surface area contributed by atoms with Crippen molar-refractivity contribution < 1.29 is 9.53 Å². The highest BCUT2D eigenvalue weighted by atomic mass is 16.6. The molecule has 2 heteroatoms. The lowest BCUT2D eigenvalue weighted by atomic mass is 9.62. The van der Waals surface area contributed by atoms with Crippen LogP contribution in [0.2, 0.25) is 0 Å². The maximum Gasteiger partial charge on any atom is 0.309 e. The van der Waals surface area contributed by atoms with E-state index in [0.717, 1.165) is 18.8 Å². The van der Waals surface area contributed by atoms with Crippen LogP contribution in [0.3, 0.4) is 0 Å². The van der Waals surface area contributed by atoms with Crippen LogP contribution in [0.15, 0.2) is 11.6 Å². The molecule has 2 aliphatic carbocycles. The Morgan fingerprint density at radius 1 is 1.40 bits per heavy atom. The summed E-state index contributed by atoms with van der Waals surface area (Å²) in [7, 11) is 0. The summed E-state index contributed by atoms with van der Waals surface area (Å²) in [5.74, 6) is 2.21. The van der Waals surface area contributed by atoms with Gasteiger partial charge >= 0.3 is 5.97 Å². The second-order valence-corrected chi connectivity index (χ2v) is 5.44. The molecule has 5 unspecified atom stereocenters. The molecule has 0 aromatic carbocycles. The number of allylic oxidation sites excluding steroid dienone is 1. The van der Waals surface area contributed by atoms with Crippen molar-refractivity contribution in [3.63, 3.8) is 0 Å². The summed E-state index contributed by atoms with van der Waals surface area (Å²) in [5, 5.41) is 0. The van der Waals surface area contributed by atoms with Gasteiger partial charge in [-0.1, -0.05) is 13.0 Å². The minimum atomic E-state index is 0.0663. The number of carbonyl (C=O) groups excluding carboxylic acids is 1. The Labute approximate surface area is 90.7 Å². The summed E-state index contributed by atoms with van der Waals surface area (Å²) >= 11 is 0. The smallest absolute Gasteiger partial charge is 0.309 e. The molecule has 3 aliphatic rings. The van der Waals surface area contributed by atoms with E-state index in [1.165, 1.54) is 12.0 Å². The first-order chi connectivity index (χ1) is 7.18. The van der Waals surface area contributed by atoms with Crippen molar-refractivity contribution in [2.75, 3.05) is 0 Å². The average molecular weight is 206 g/mol. The second kappa shape index (κ2) is 3.10. The predicted octanol–water partition coefficient (Wildman–Crippen LogP) is 2.54. The molecule has 0 radical (unpaired) electrons. The van der Waals surface area contributed by atoms with Gasteiger partial charge in [-0.3, -0.25) is 4.79 Å². The highest BCUT2D eigenvalue weighted by Gasteiger charge is 2.53. The van der Waals surface area contributed by atoms with Gasteiger partial charge in [-0.05, 0) is 43.6 Å². The number of hydrogen-bond donors (Lipinski definition) is 0. The SMILES string of the molecule is CC1=CCC2C(C)CCC3C(=O)OC1C32. The van der Waals surface area contributed by atoms with E-state index in [4.69, 9.17) is 4.74 Å². The standard InChI is InChI=1S/C13H18O2/c1-7-3-6-10-11-9(7)5-4-8(2)12(11)15-13(10)14/h4,7,9-12H,3,5-6H2,1-2H3. The number of rotatable bonds is 0. The van der Waals surface area contributed by atoms with E-state index in [0.29, 0.717) is 11.8 Å². The van der Waals surface area contributed by atoms with Gasteiger partial charge in [-0.2, -0.15) is 0 Å². The van der Waals surface area contributed by atoms with Crippen molar-refractivity contribution in [3.05, 3.63) is 11.6 Å². The van der Waals surface area contributed by atoms with E-state index in [9.17, 15) is 4.79 Å². The van der Waals surface area contributed by atoms with Gasteiger partial charge in [-0.25, -0.2) is 0 Å². The number of esters is 1. The number of hydrogen-bond acceptors (Lipinski definition) is 2. The lowest BCUT2D eigenvalue weighted by Crippen LogP contribution is -2.39. The minimum absolute atomic E-state index is 0.0663. The zero-order valence-electron chi connectivity index (χ0n) is 9.40. The lowest BCUT2D eigenvalue weighted by molar-refractivity contribution is -0.143. The van der Waals surface area contributed by atoms with Crippen LogP contribution in [0.5, 0.6) is 0 Å². The molecule has 2 fully saturated rings. The molecule has 2 nitrogen and oxygen atoms in total. The van der Waals surface area contributed by atoms with Crippen LogP contribution in [0.4, 0.5) is 0 Å². The third-order valence-electron chi connectivity index (χ3n) is 4.68. The van der Waals surface area contributed by atoms with Crippen molar-refractivity contribution >= 4 is 5.97 Å². The molecule has 1 saturated carbocycles. The van der Waals surface area contributed by atoms with Crippen molar-refractivity contribution in [3.8, 4) is 0 Å². The molecule has 5 atom stereocenters. The fourth-order valence-corrected chi connectivity index (χ4v) is 3.75. The van der Waals surface area contributed by atoms with E-state index in [-0.39, 0.29) is 18.0 Å². The van der Waals surface area contributed by atoms with Gasteiger partial charge in [0.2, 0.25) is 0 Å². The molecule has 0 aromatic rings. The van der Waals surface area contributed by atoms with E-state index in [1.807, 2.05) is 0 Å². The van der Waals surface area contributed by atoms with Crippen LogP contribution in [0, 0.1) is 23.7 Å². The van der Waals surface area contributed by atoms with E-state index < -0.39 is 0 Å². The van der Waals surface area contributed by atoms with Crippen LogP contribution in [-0.4, -0.2) is 12.1 Å². The molecule has 82 valence electrons. The number of ether oxygens (including phenoxy) is 1. The first-order valence-electron chi connectivity index (χ1n) is 6.05. The summed E-state index contributed by atoms with van der Waals surface area (Å²) < 4.78 is 5.53. The van der Waals surface area contributed by atoms with Gasteiger partial charge in [0.05, 0.1) is 5.92 Å². The molecule has 1 aliphatic heterocycles. The summed E-state index contributed by atoms with van der Waals surface area (Å²) in [6, 6.07) is 0. The van der Waals surface area contributed by atoms with Crippen molar-refractivity contribution in [1.29, 1.82) is 0 Å². The summed E-state index contributed by atoms with van der Waals surface area (Å²) in [6.07, 6.45) is 5.79. The van der Waals surface area contributed by atoms with Gasteiger partial charge in [0.25, 0.3) is 0 Å². The highest BCUT2D eigenvalue weighted by Crippen LogP contribution is 2.51. The van der Waals surface area contributed by atoms with Gasteiger partial charge in [0.1, 0.15) is 6.10 Å². The predicted molar refractivity (Wildman–Crippen MR) is 57.1 cm³/mol. The number of carbonyl (C=O) groups is 1. The molecule has 0 bridgehead atoms. The monoisotopic (exact) mass is 206 g/mol. The first-order valence-corrected chi connectivity index (χ1v) is 6.05.